The number of ketones is 1. The third-order valence-corrected chi connectivity index (χ3v) is 5.55. The number of hydrogen-bond donors (Lipinski definition) is 3. The Balaban J connectivity index is 2.08. The van der Waals surface area contributed by atoms with E-state index in [-0.39, 0.29) is 23.3 Å². The molecule has 2 aromatic heterocycles. The van der Waals surface area contributed by atoms with Gasteiger partial charge in [-0.15, -0.1) is 0 Å². The Kier molecular flexibility index (Phi) is 5.43. The van der Waals surface area contributed by atoms with Crippen LogP contribution in [0.2, 0.25) is 0 Å². The first-order valence-electron chi connectivity index (χ1n) is 8.37. The molecule has 3 rings (SSSR count). The molecule has 0 bridgehead atoms. The Hall–Kier alpha value is -2.85. The van der Waals surface area contributed by atoms with E-state index < -0.39 is 38.7 Å². The van der Waals surface area contributed by atoms with Gasteiger partial charge in [-0.2, -0.15) is 0 Å². The molecule has 7 nitrogen and oxygen atoms in total. The molecule has 3 aromatic rings. The molecule has 0 aliphatic carbocycles. The van der Waals surface area contributed by atoms with Crippen molar-refractivity contribution in [2.24, 2.45) is 0 Å². The van der Waals surface area contributed by atoms with Crippen LogP contribution in [0.25, 0.3) is 11.0 Å². The largest absolute Gasteiger partial charge is 0.392 e. The summed E-state index contributed by atoms with van der Waals surface area (Å²) in [5, 5.41) is 9.52. The van der Waals surface area contributed by atoms with Gasteiger partial charge in [0.15, 0.2) is 5.82 Å². The second kappa shape index (κ2) is 7.64. The fourth-order valence-electron chi connectivity index (χ4n) is 2.78. The highest BCUT2D eigenvalue weighted by Gasteiger charge is 2.25. The molecule has 1 aromatic carbocycles. The molecule has 0 atom stereocenters. The van der Waals surface area contributed by atoms with Crippen LogP contribution in [0.4, 0.5) is 14.5 Å². The number of carbonyl (C=O) groups excluding carboxylic acids is 1. The van der Waals surface area contributed by atoms with Gasteiger partial charge in [0, 0.05) is 23.3 Å². The van der Waals surface area contributed by atoms with Crippen molar-refractivity contribution < 1.29 is 27.1 Å². The SMILES string of the molecule is CCCS(=O)(=O)Nc1ccc(F)c(C(=O)c2c[nH]c3ncc(CO)cc23)c1F. The fourth-order valence-corrected chi connectivity index (χ4v) is 3.91. The first-order chi connectivity index (χ1) is 13.3. The maximum absolute atomic E-state index is 14.8. The third kappa shape index (κ3) is 3.73. The number of nitrogens with one attached hydrogen (secondary N) is 2. The first-order valence-corrected chi connectivity index (χ1v) is 10.0. The van der Waals surface area contributed by atoms with Gasteiger partial charge in [-0.3, -0.25) is 9.52 Å². The zero-order valence-electron chi connectivity index (χ0n) is 14.8. The molecule has 0 amide bonds. The van der Waals surface area contributed by atoms with Gasteiger partial charge < -0.3 is 10.1 Å². The van der Waals surface area contributed by atoms with E-state index in [4.69, 9.17) is 0 Å². The molecular formula is C18H17F2N3O4S. The minimum Gasteiger partial charge on any atom is -0.392 e. The minimum absolute atomic E-state index is 0.0517. The van der Waals surface area contributed by atoms with Crippen LogP contribution < -0.4 is 4.72 Å². The van der Waals surface area contributed by atoms with E-state index >= 15 is 0 Å². The number of rotatable bonds is 7. The van der Waals surface area contributed by atoms with Gasteiger partial charge in [0.2, 0.25) is 15.8 Å². The molecule has 2 heterocycles. The molecule has 0 saturated carbocycles. The molecule has 0 aliphatic heterocycles. The Morgan fingerprint density at radius 3 is 2.75 bits per heavy atom. The summed E-state index contributed by atoms with van der Waals surface area (Å²) in [6.45, 7) is 1.32. The number of fused-ring (bicyclic) bond motifs is 1. The summed E-state index contributed by atoms with van der Waals surface area (Å²) in [5.74, 6) is -3.65. The van der Waals surface area contributed by atoms with Crippen molar-refractivity contribution in [3.05, 3.63) is 58.9 Å². The van der Waals surface area contributed by atoms with Gasteiger partial charge in [-0.25, -0.2) is 22.2 Å². The number of aromatic nitrogens is 2. The second-order valence-corrected chi connectivity index (χ2v) is 7.98. The molecule has 148 valence electrons. The molecule has 0 spiro atoms. The predicted octanol–water partition coefficient (Wildman–Crippen LogP) is 2.72. The van der Waals surface area contributed by atoms with Crippen LogP contribution in [0.15, 0.2) is 30.6 Å². The number of aromatic amines is 1. The number of pyridine rings is 1. The van der Waals surface area contributed by atoms with Gasteiger partial charge in [-0.05, 0) is 30.2 Å². The van der Waals surface area contributed by atoms with Gasteiger partial charge in [0.25, 0.3) is 0 Å². The lowest BCUT2D eigenvalue weighted by molar-refractivity contribution is 0.103. The van der Waals surface area contributed by atoms with Crippen LogP contribution in [0, 0.1) is 11.6 Å². The highest BCUT2D eigenvalue weighted by molar-refractivity contribution is 7.92. The van der Waals surface area contributed by atoms with Gasteiger partial charge in [0.1, 0.15) is 11.5 Å². The lowest BCUT2D eigenvalue weighted by Gasteiger charge is -2.11. The summed E-state index contributed by atoms with van der Waals surface area (Å²) in [6, 6.07) is 3.23. The van der Waals surface area contributed by atoms with E-state index in [2.05, 4.69) is 9.97 Å². The average Bonchev–Trinajstić information content (AvgIpc) is 3.07. The van der Waals surface area contributed by atoms with Crippen LogP contribution >= 0.6 is 0 Å². The van der Waals surface area contributed by atoms with E-state index in [9.17, 15) is 27.1 Å². The Labute approximate surface area is 159 Å². The Morgan fingerprint density at radius 2 is 2.07 bits per heavy atom. The fraction of sp³-hybridized carbons (Fsp3) is 0.222. The molecule has 0 fully saturated rings. The van der Waals surface area contributed by atoms with Crippen LogP contribution in [0.5, 0.6) is 0 Å². The standard InChI is InChI=1S/C18H17F2N3O4S/c1-2-5-28(26,27)23-14-4-3-13(19)15(16(14)20)17(25)12-8-22-18-11(12)6-10(9-24)7-21-18/h3-4,6-8,23-24H,2,5,9H2,1H3,(H,21,22). The number of sulfonamides is 1. The highest BCUT2D eigenvalue weighted by atomic mass is 32.2. The summed E-state index contributed by atoms with van der Waals surface area (Å²) in [7, 11) is -3.83. The van der Waals surface area contributed by atoms with Crippen molar-refractivity contribution >= 4 is 32.5 Å². The molecule has 10 heteroatoms. The van der Waals surface area contributed by atoms with E-state index in [1.807, 2.05) is 4.72 Å². The molecule has 0 unspecified atom stereocenters. The van der Waals surface area contributed by atoms with Gasteiger partial charge >= 0.3 is 0 Å². The lowest BCUT2D eigenvalue weighted by Crippen LogP contribution is -2.18. The van der Waals surface area contributed by atoms with Crippen molar-refractivity contribution in [1.82, 2.24) is 9.97 Å². The second-order valence-electron chi connectivity index (χ2n) is 6.13. The van der Waals surface area contributed by atoms with E-state index in [1.165, 1.54) is 18.5 Å². The molecular weight excluding hydrogens is 392 g/mol. The molecule has 28 heavy (non-hydrogen) atoms. The van der Waals surface area contributed by atoms with Crippen LogP contribution in [0.3, 0.4) is 0 Å². The highest BCUT2D eigenvalue weighted by Crippen LogP contribution is 2.27. The van der Waals surface area contributed by atoms with Crippen LogP contribution in [0.1, 0.15) is 34.8 Å². The summed E-state index contributed by atoms with van der Waals surface area (Å²) in [4.78, 5) is 19.6. The monoisotopic (exact) mass is 409 g/mol. The summed E-state index contributed by atoms with van der Waals surface area (Å²) < 4.78 is 55.0. The summed E-state index contributed by atoms with van der Waals surface area (Å²) in [5.41, 5.74) is -0.715. The van der Waals surface area contributed by atoms with Crippen molar-refractivity contribution in [1.29, 1.82) is 0 Å². The van der Waals surface area contributed by atoms with E-state index in [0.29, 0.717) is 17.6 Å². The third-order valence-electron chi connectivity index (χ3n) is 4.07. The number of nitrogens with zero attached hydrogens (tertiary/aromatic N) is 1. The molecule has 0 aliphatic rings. The Morgan fingerprint density at radius 1 is 1.32 bits per heavy atom. The zero-order chi connectivity index (χ0) is 20.5. The maximum atomic E-state index is 14.8. The molecule has 3 N–H and O–H groups in total. The average molecular weight is 409 g/mol. The van der Waals surface area contributed by atoms with Gasteiger partial charge in [-0.1, -0.05) is 6.92 Å². The smallest absolute Gasteiger partial charge is 0.232 e. The van der Waals surface area contributed by atoms with E-state index in [1.54, 1.807) is 6.92 Å². The number of aliphatic hydroxyl groups is 1. The predicted molar refractivity (Wildman–Crippen MR) is 99.5 cm³/mol. The van der Waals surface area contributed by atoms with Crippen LogP contribution in [-0.4, -0.2) is 35.0 Å². The van der Waals surface area contributed by atoms with Crippen LogP contribution in [-0.2, 0) is 16.6 Å². The number of benzene rings is 1. The normalized spacial score (nSPS) is 11.7. The van der Waals surface area contributed by atoms with Crippen molar-refractivity contribution in [2.75, 3.05) is 10.5 Å². The van der Waals surface area contributed by atoms with Crippen molar-refractivity contribution in [2.45, 2.75) is 20.0 Å². The topological polar surface area (TPSA) is 112 Å². The number of H-pyrrole nitrogens is 1. The minimum atomic E-state index is -3.83. The zero-order valence-corrected chi connectivity index (χ0v) is 15.6. The number of hydrogen-bond acceptors (Lipinski definition) is 5. The summed E-state index contributed by atoms with van der Waals surface area (Å²) in [6.07, 6.45) is 2.96. The number of carbonyl (C=O) groups is 1. The first kappa shape index (κ1) is 19.9. The van der Waals surface area contributed by atoms with Crippen molar-refractivity contribution in [3.8, 4) is 0 Å². The van der Waals surface area contributed by atoms with Gasteiger partial charge in [0.05, 0.1) is 23.6 Å². The summed E-state index contributed by atoms with van der Waals surface area (Å²) >= 11 is 0. The number of halogens is 2. The van der Waals surface area contributed by atoms with E-state index in [0.717, 1.165) is 12.1 Å². The lowest BCUT2D eigenvalue weighted by atomic mass is 10.0. The quantitative estimate of drug-likeness (QED) is 0.520. The Bertz CT molecular complexity index is 1160. The maximum Gasteiger partial charge on any atom is 0.232 e. The molecule has 0 saturated heterocycles. The number of aliphatic hydroxyl groups excluding tert-OH is 1. The van der Waals surface area contributed by atoms with Crippen molar-refractivity contribution in [3.63, 3.8) is 0 Å². The number of anilines is 1. The molecule has 0 radical (unpaired) electrons.